The Morgan fingerprint density at radius 3 is 1.23 bits per heavy atom. The first-order chi connectivity index (χ1) is 23.1. The fraction of sp³-hybridized carbons (Fsp3) is 0.929. The van der Waals surface area contributed by atoms with Crippen molar-refractivity contribution < 1.29 is 20.1 Å². The largest absolute Gasteiger partial charge is 0.394 e. The molecule has 5 nitrogen and oxygen atoms in total. The highest BCUT2D eigenvalue weighted by molar-refractivity contribution is 5.76. The third-order valence-electron chi connectivity index (χ3n) is 9.87. The predicted octanol–water partition coefficient (Wildman–Crippen LogP) is 11.7. The molecule has 0 saturated heterocycles. The minimum Gasteiger partial charge on any atom is -0.394 e. The molecule has 0 heterocycles. The van der Waals surface area contributed by atoms with Crippen molar-refractivity contribution >= 4 is 5.91 Å². The highest BCUT2D eigenvalue weighted by atomic mass is 16.3. The SMILES string of the molecule is CCCCCCCCCCCCCC/C=C\CCCCCCCCCCC(=O)NC(CO)C(O)C(O)CCCCCCCCCCC. The Balaban J connectivity index is 3.55. The summed E-state index contributed by atoms with van der Waals surface area (Å²) in [6, 6.07) is -0.805. The van der Waals surface area contributed by atoms with E-state index in [0.717, 1.165) is 38.5 Å². The number of aliphatic hydroxyl groups excluding tert-OH is 3. The number of hydrogen-bond donors (Lipinski definition) is 4. The molecule has 0 spiro atoms. The Kier molecular flexibility index (Phi) is 37.2. The van der Waals surface area contributed by atoms with E-state index in [1.165, 1.54) is 161 Å². The molecule has 0 fully saturated rings. The Hall–Kier alpha value is -0.910. The van der Waals surface area contributed by atoms with Crippen LogP contribution in [0.2, 0.25) is 0 Å². The molecule has 5 heteroatoms. The van der Waals surface area contributed by atoms with Crippen LogP contribution in [0.4, 0.5) is 0 Å². The number of carbonyl (C=O) groups excluding carboxylic acids is 1. The van der Waals surface area contributed by atoms with E-state index in [-0.39, 0.29) is 12.5 Å². The monoisotopic (exact) mass is 666 g/mol. The third-order valence-corrected chi connectivity index (χ3v) is 9.87. The summed E-state index contributed by atoms with van der Waals surface area (Å²) >= 11 is 0. The maximum absolute atomic E-state index is 12.4. The van der Waals surface area contributed by atoms with Crippen LogP contribution in [0.25, 0.3) is 0 Å². The number of hydrogen-bond acceptors (Lipinski definition) is 4. The molecule has 0 aliphatic carbocycles. The van der Waals surface area contributed by atoms with Gasteiger partial charge in [-0.2, -0.15) is 0 Å². The van der Waals surface area contributed by atoms with E-state index in [4.69, 9.17) is 0 Å². The van der Waals surface area contributed by atoms with E-state index in [2.05, 4.69) is 31.3 Å². The van der Waals surface area contributed by atoms with Crippen molar-refractivity contribution in [2.24, 2.45) is 0 Å². The maximum atomic E-state index is 12.4. The second-order valence-corrected chi connectivity index (χ2v) is 14.5. The van der Waals surface area contributed by atoms with E-state index < -0.39 is 18.2 Å². The molecular formula is C42H83NO4. The quantitative estimate of drug-likeness (QED) is 0.0390. The van der Waals surface area contributed by atoms with Gasteiger partial charge < -0.3 is 20.6 Å². The van der Waals surface area contributed by atoms with Gasteiger partial charge in [0.2, 0.25) is 5.91 Å². The third kappa shape index (κ3) is 33.4. The average Bonchev–Trinajstić information content (AvgIpc) is 3.07. The van der Waals surface area contributed by atoms with Crippen LogP contribution in [0.3, 0.4) is 0 Å². The molecular weight excluding hydrogens is 582 g/mol. The molecule has 3 unspecified atom stereocenters. The molecule has 0 bridgehead atoms. The minimum absolute atomic E-state index is 0.148. The van der Waals surface area contributed by atoms with Crippen molar-refractivity contribution in [3.05, 3.63) is 12.2 Å². The van der Waals surface area contributed by atoms with Crippen molar-refractivity contribution in [2.45, 2.75) is 244 Å². The molecule has 47 heavy (non-hydrogen) atoms. The van der Waals surface area contributed by atoms with Crippen LogP contribution in [-0.4, -0.2) is 46.1 Å². The summed E-state index contributed by atoms with van der Waals surface area (Å²) in [5.41, 5.74) is 0. The molecule has 0 aromatic carbocycles. The van der Waals surface area contributed by atoms with Gasteiger partial charge in [-0.3, -0.25) is 4.79 Å². The molecule has 0 radical (unpaired) electrons. The van der Waals surface area contributed by atoms with Crippen molar-refractivity contribution in [3.63, 3.8) is 0 Å². The Morgan fingerprint density at radius 1 is 0.511 bits per heavy atom. The fourth-order valence-corrected chi connectivity index (χ4v) is 6.57. The van der Waals surface area contributed by atoms with E-state index in [1.54, 1.807) is 0 Å². The highest BCUT2D eigenvalue weighted by Gasteiger charge is 2.26. The van der Waals surface area contributed by atoms with E-state index in [0.29, 0.717) is 12.8 Å². The number of amides is 1. The number of unbranched alkanes of at least 4 members (excludes halogenated alkanes) is 28. The lowest BCUT2D eigenvalue weighted by atomic mass is 9.99. The molecule has 0 rings (SSSR count). The van der Waals surface area contributed by atoms with Gasteiger partial charge in [-0.05, 0) is 38.5 Å². The average molecular weight is 666 g/mol. The van der Waals surface area contributed by atoms with Gasteiger partial charge in [-0.25, -0.2) is 0 Å². The first-order valence-corrected chi connectivity index (χ1v) is 21.0. The smallest absolute Gasteiger partial charge is 0.220 e. The lowest BCUT2D eigenvalue weighted by molar-refractivity contribution is -0.124. The summed E-state index contributed by atoms with van der Waals surface area (Å²) in [5, 5.41) is 33.3. The van der Waals surface area contributed by atoms with Crippen LogP contribution in [0.5, 0.6) is 0 Å². The summed E-state index contributed by atoms with van der Waals surface area (Å²) in [6.07, 6.45) is 43.3. The van der Waals surface area contributed by atoms with Gasteiger partial charge in [-0.1, -0.05) is 193 Å². The van der Waals surface area contributed by atoms with Crippen LogP contribution in [0, 0.1) is 0 Å². The topological polar surface area (TPSA) is 89.8 Å². The van der Waals surface area contributed by atoms with Crippen molar-refractivity contribution in [1.29, 1.82) is 0 Å². The Labute approximate surface area is 293 Å². The molecule has 0 aromatic heterocycles. The molecule has 0 aromatic rings. The molecule has 280 valence electrons. The van der Waals surface area contributed by atoms with Gasteiger partial charge in [0.15, 0.2) is 0 Å². The van der Waals surface area contributed by atoms with E-state index in [9.17, 15) is 20.1 Å². The van der Waals surface area contributed by atoms with E-state index in [1.807, 2.05) is 0 Å². The van der Waals surface area contributed by atoms with Gasteiger partial charge in [0.05, 0.1) is 18.8 Å². The number of rotatable bonds is 38. The van der Waals surface area contributed by atoms with Crippen molar-refractivity contribution in [2.75, 3.05) is 6.61 Å². The van der Waals surface area contributed by atoms with Gasteiger partial charge in [-0.15, -0.1) is 0 Å². The summed E-state index contributed by atoms with van der Waals surface area (Å²) in [4.78, 5) is 12.4. The zero-order valence-electron chi connectivity index (χ0n) is 31.7. The summed E-state index contributed by atoms with van der Waals surface area (Å²) < 4.78 is 0. The van der Waals surface area contributed by atoms with Crippen molar-refractivity contribution in [3.8, 4) is 0 Å². The zero-order valence-corrected chi connectivity index (χ0v) is 31.7. The highest BCUT2D eigenvalue weighted by Crippen LogP contribution is 2.16. The van der Waals surface area contributed by atoms with Crippen LogP contribution in [0.1, 0.15) is 226 Å². The van der Waals surface area contributed by atoms with Crippen molar-refractivity contribution in [1.82, 2.24) is 5.32 Å². The van der Waals surface area contributed by atoms with E-state index >= 15 is 0 Å². The van der Waals surface area contributed by atoms with Gasteiger partial charge in [0, 0.05) is 6.42 Å². The summed E-state index contributed by atoms with van der Waals surface area (Å²) in [5.74, 6) is -0.148. The van der Waals surface area contributed by atoms with Crippen LogP contribution >= 0.6 is 0 Å². The maximum Gasteiger partial charge on any atom is 0.220 e. The second kappa shape index (κ2) is 37.9. The molecule has 4 N–H and O–H groups in total. The number of nitrogens with one attached hydrogen (secondary N) is 1. The van der Waals surface area contributed by atoms with Crippen LogP contribution in [0.15, 0.2) is 12.2 Å². The standard InChI is InChI=1S/C42H83NO4/c1-3-5-7-9-11-13-14-15-16-17-18-19-20-21-22-23-24-25-26-27-29-31-33-35-37-41(46)43-39(38-44)42(47)40(45)36-34-32-30-28-12-10-8-6-4-2/h21-22,39-40,42,44-45,47H,3-20,23-38H2,1-2H3,(H,43,46)/b22-21-. The Morgan fingerprint density at radius 2 is 0.851 bits per heavy atom. The van der Waals surface area contributed by atoms with Gasteiger partial charge in [0.25, 0.3) is 0 Å². The lowest BCUT2D eigenvalue weighted by Gasteiger charge is -2.26. The first kappa shape index (κ1) is 46.1. The van der Waals surface area contributed by atoms with Gasteiger partial charge in [0.1, 0.15) is 6.10 Å². The Bertz CT molecular complexity index is 655. The number of aliphatic hydroxyl groups is 3. The fourth-order valence-electron chi connectivity index (χ4n) is 6.57. The normalized spacial score (nSPS) is 13.7. The summed E-state index contributed by atoms with van der Waals surface area (Å²) in [7, 11) is 0. The van der Waals surface area contributed by atoms with Crippen LogP contribution < -0.4 is 5.32 Å². The molecule has 0 saturated carbocycles. The minimum atomic E-state index is -1.13. The summed E-state index contributed by atoms with van der Waals surface area (Å²) in [6.45, 7) is 4.16. The van der Waals surface area contributed by atoms with Gasteiger partial charge >= 0.3 is 0 Å². The predicted molar refractivity (Wildman–Crippen MR) is 204 cm³/mol. The molecule has 1 amide bonds. The first-order valence-electron chi connectivity index (χ1n) is 21.0. The molecule has 0 aliphatic rings. The van der Waals surface area contributed by atoms with Crippen LogP contribution in [-0.2, 0) is 4.79 Å². The molecule has 3 atom stereocenters. The second-order valence-electron chi connectivity index (χ2n) is 14.5. The number of allylic oxidation sites excluding steroid dienone is 2. The lowest BCUT2D eigenvalue weighted by Crippen LogP contribution is -2.50. The number of carbonyl (C=O) groups is 1. The zero-order chi connectivity index (χ0) is 34.5. The molecule has 0 aliphatic heterocycles.